The van der Waals surface area contributed by atoms with E-state index < -0.39 is 5.91 Å². The normalized spacial score (nSPS) is 17.9. The van der Waals surface area contributed by atoms with E-state index in [1.165, 1.54) is 6.08 Å². The van der Waals surface area contributed by atoms with Gasteiger partial charge in [0.2, 0.25) is 0 Å². The first-order valence-electron chi connectivity index (χ1n) is 4.44. The molecule has 0 aromatic heterocycles. The van der Waals surface area contributed by atoms with E-state index in [-0.39, 0.29) is 5.57 Å². The van der Waals surface area contributed by atoms with Gasteiger partial charge in [0.25, 0.3) is 5.91 Å². The van der Waals surface area contributed by atoms with Crippen LogP contribution in [0.5, 0.6) is 0 Å². The first-order chi connectivity index (χ1) is 6.65. The second-order valence-corrected chi connectivity index (χ2v) is 3.63. The lowest BCUT2D eigenvalue weighted by Crippen LogP contribution is -2.13. The maximum Gasteiger partial charge on any atom is 0.259 e. The van der Waals surface area contributed by atoms with Crippen LogP contribution < -0.4 is 5.73 Å². The molecule has 0 fully saturated rings. The highest BCUT2D eigenvalue weighted by atomic mass is 35.5. The lowest BCUT2D eigenvalue weighted by molar-refractivity contribution is -0.114. The standard InChI is InChI=1S/C10H11ClN2O/c11-9-4-2-1-3-7(9)5-8(6-12)10(13)14/h5H,1-4H2,(H2,13,14)/b8-5+. The zero-order valence-electron chi connectivity index (χ0n) is 7.72. The second kappa shape index (κ2) is 4.83. The first-order valence-corrected chi connectivity index (χ1v) is 4.82. The van der Waals surface area contributed by atoms with Gasteiger partial charge in [-0.1, -0.05) is 11.6 Å². The number of allylic oxidation sites excluding steroid dienone is 3. The molecule has 0 spiro atoms. The van der Waals surface area contributed by atoms with E-state index in [1.807, 2.05) is 0 Å². The number of carbonyl (C=O) groups is 1. The summed E-state index contributed by atoms with van der Waals surface area (Å²) in [4.78, 5) is 10.8. The van der Waals surface area contributed by atoms with Gasteiger partial charge < -0.3 is 5.73 Å². The summed E-state index contributed by atoms with van der Waals surface area (Å²) in [6, 6.07) is 1.76. The zero-order valence-corrected chi connectivity index (χ0v) is 8.47. The van der Waals surface area contributed by atoms with Crippen molar-refractivity contribution in [3.05, 3.63) is 22.3 Å². The highest BCUT2D eigenvalue weighted by molar-refractivity contribution is 6.30. The Morgan fingerprint density at radius 3 is 2.64 bits per heavy atom. The Labute approximate surface area is 87.8 Å². The molecule has 3 nitrogen and oxygen atoms in total. The second-order valence-electron chi connectivity index (χ2n) is 3.17. The van der Waals surface area contributed by atoms with Crippen LogP contribution in [0.3, 0.4) is 0 Å². The number of primary amides is 1. The minimum atomic E-state index is -0.699. The third kappa shape index (κ3) is 2.61. The van der Waals surface area contributed by atoms with Crippen LogP contribution in [0.1, 0.15) is 25.7 Å². The molecule has 0 unspecified atom stereocenters. The Hall–Kier alpha value is -1.27. The van der Waals surface area contributed by atoms with Crippen molar-refractivity contribution in [1.29, 1.82) is 5.26 Å². The van der Waals surface area contributed by atoms with E-state index in [2.05, 4.69) is 0 Å². The van der Waals surface area contributed by atoms with Crippen molar-refractivity contribution in [3.8, 4) is 6.07 Å². The number of nitrogens with zero attached hydrogens (tertiary/aromatic N) is 1. The largest absolute Gasteiger partial charge is 0.365 e. The lowest BCUT2D eigenvalue weighted by Gasteiger charge is -2.12. The molecule has 0 aliphatic heterocycles. The molecule has 74 valence electrons. The SMILES string of the molecule is N#C/C(=C\C1=C(Cl)CCCC1)C(N)=O. The minimum Gasteiger partial charge on any atom is -0.365 e. The van der Waals surface area contributed by atoms with Gasteiger partial charge in [-0.05, 0) is 37.3 Å². The molecule has 0 radical (unpaired) electrons. The monoisotopic (exact) mass is 210 g/mol. The van der Waals surface area contributed by atoms with Gasteiger partial charge in [0, 0.05) is 5.03 Å². The van der Waals surface area contributed by atoms with Crippen LogP contribution in [0.15, 0.2) is 22.3 Å². The van der Waals surface area contributed by atoms with E-state index >= 15 is 0 Å². The fraction of sp³-hybridized carbons (Fsp3) is 0.400. The van der Waals surface area contributed by atoms with Gasteiger partial charge in [-0.15, -0.1) is 0 Å². The number of carbonyl (C=O) groups excluding carboxylic acids is 1. The van der Waals surface area contributed by atoms with Crippen LogP contribution in [-0.4, -0.2) is 5.91 Å². The Balaban J connectivity index is 2.95. The predicted molar refractivity (Wildman–Crippen MR) is 54.2 cm³/mol. The highest BCUT2D eigenvalue weighted by Gasteiger charge is 2.11. The lowest BCUT2D eigenvalue weighted by atomic mass is 9.97. The molecule has 0 saturated carbocycles. The summed E-state index contributed by atoms with van der Waals surface area (Å²) in [5, 5.41) is 9.37. The summed E-state index contributed by atoms with van der Waals surface area (Å²) >= 11 is 5.96. The third-order valence-electron chi connectivity index (χ3n) is 2.15. The zero-order chi connectivity index (χ0) is 10.6. The number of hydrogen-bond acceptors (Lipinski definition) is 2. The molecule has 1 amide bonds. The van der Waals surface area contributed by atoms with E-state index in [0.29, 0.717) is 0 Å². The molecule has 2 N–H and O–H groups in total. The summed E-state index contributed by atoms with van der Waals surface area (Å²) in [6.45, 7) is 0. The number of rotatable bonds is 2. The van der Waals surface area contributed by atoms with Gasteiger partial charge in [-0.2, -0.15) is 5.26 Å². The predicted octanol–water partition coefficient (Wildman–Crippen LogP) is 1.99. The van der Waals surface area contributed by atoms with Crippen LogP contribution in [0.25, 0.3) is 0 Å². The number of nitrogens with two attached hydrogens (primary N) is 1. The van der Waals surface area contributed by atoms with E-state index in [1.54, 1.807) is 6.07 Å². The molecule has 4 heteroatoms. The molecule has 14 heavy (non-hydrogen) atoms. The number of halogens is 1. The topological polar surface area (TPSA) is 66.9 Å². The van der Waals surface area contributed by atoms with Crippen molar-refractivity contribution in [2.75, 3.05) is 0 Å². The van der Waals surface area contributed by atoms with Crippen LogP contribution in [0, 0.1) is 11.3 Å². The average molecular weight is 211 g/mol. The molecule has 1 aliphatic rings. The Bertz CT molecular complexity index is 350. The van der Waals surface area contributed by atoms with Crippen molar-refractivity contribution in [2.45, 2.75) is 25.7 Å². The summed E-state index contributed by atoms with van der Waals surface area (Å²) < 4.78 is 0. The number of nitriles is 1. The maximum absolute atomic E-state index is 10.8. The summed E-state index contributed by atoms with van der Waals surface area (Å²) in [6.07, 6.45) is 5.25. The Morgan fingerprint density at radius 1 is 1.50 bits per heavy atom. The van der Waals surface area contributed by atoms with Gasteiger partial charge in [0.1, 0.15) is 11.6 Å². The van der Waals surface area contributed by atoms with Crippen LogP contribution >= 0.6 is 11.6 Å². The summed E-state index contributed by atoms with van der Waals surface area (Å²) in [5.74, 6) is -0.699. The van der Waals surface area contributed by atoms with Gasteiger partial charge >= 0.3 is 0 Å². The van der Waals surface area contributed by atoms with Gasteiger partial charge in [0.15, 0.2) is 0 Å². The molecule has 0 aromatic rings. The number of hydrogen-bond donors (Lipinski definition) is 1. The molecular weight excluding hydrogens is 200 g/mol. The number of amides is 1. The molecule has 1 rings (SSSR count). The Kier molecular flexibility index (Phi) is 3.73. The maximum atomic E-state index is 10.8. The smallest absolute Gasteiger partial charge is 0.259 e. The quantitative estimate of drug-likeness (QED) is 0.560. The molecule has 0 saturated heterocycles. The van der Waals surface area contributed by atoms with Crippen molar-refractivity contribution < 1.29 is 4.79 Å². The van der Waals surface area contributed by atoms with Crippen LogP contribution in [0.4, 0.5) is 0 Å². The van der Waals surface area contributed by atoms with Crippen molar-refractivity contribution in [2.24, 2.45) is 5.73 Å². The van der Waals surface area contributed by atoms with Crippen molar-refractivity contribution in [3.63, 3.8) is 0 Å². The van der Waals surface area contributed by atoms with Gasteiger partial charge in [-0.25, -0.2) is 0 Å². The summed E-state index contributed by atoms with van der Waals surface area (Å²) in [7, 11) is 0. The molecular formula is C10H11ClN2O. The first kappa shape index (κ1) is 10.8. The van der Waals surface area contributed by atoms with Crippen LogP contribution in [0.2, 0.25) is 0 Å². The molecule has 0 aromatic carbocycles. The van der Waals surface area contributed by atoms with Gasteiger partial charge in [0.05, 0.1) is 0 Å². The molecule has 0 bridgehead atoms. The molecule has 0 atom stereocenters. The van der Waals surface area contributed by atoms with Crippen molar-refractivity contribution in [1.82, 2.24) is 0 Å². The van der Waals surface area contributed by atoms with E-state index in [4.69, 9.17) is 22.6 Å². The Morgan fingerprint density at radius 2 is 2.14 bits per heavy atom. The third-order valence-corrected chi connectivity index (χ3v) is 2.58. The molecule has 1 aliphatic carbocycles. The highest BCUT2D eigenvalue weighted by Crippen LogP contribution is 2.28. The fourth-order valence-electron chi connectivity index (χ4n) is 1.38. The minimum absolute atomic E-state index is 0.0277. The van der Waals surface area contributed by atoms with Gasteiger partial charge in [-0.3, -0.25) is 4.79 Å². The van der Waals surface area contributed by atoms with E-state index in [9.17, 15) is 4.79 Å². The average Bonchev–Trinajstić information content (AvgIpc) is 2.16. The molecule has 0 heterocycles. The fourth-order valence-corrected chi connectivity index (χ4v) is 1.66. The van der Waals surface area contributed by atoms with E-state index in [0.717, 1.165) is 36.3 Å². The van der Waals surface area contributed by atoms with Crippen LogP contribution in [-0.2, 0) is 4.79 Å². The van der Waals surface area contributed by atoms with Crippen molar-refractivity contribution >= 4 is 17.5 Å². The summed E-state index contributed by atoms with van der Waals surface area (Å²) in [5.41, 5.74) is 5.86.